The van der Waals surface area contributed by atoms with Gasteiger partial charge in [-0.15, -0.1) is 0 Å². The summed E-state index contributed by atoms with van der Waals surface area (Å²) in [5.74, 6) is 0.100. The molecule has 2 aliphatic heterocycles. The van der Waals surface area contributed by atoms with E-state index in [-0.39, 0.29) is 22.6 Å². The van der Waals surface area contributed by atoms with Gasteiger partial charge in [0.15, 0.2) is 0 Å². The van der Waals surface area contributed by atoms with Gasteiger partial charge < -0.3 is 10.2 Å². The average molecular weight is 446 g/mol. The molecule has 1 saturated heterocycles. The first kappa shape index (κ1) is 22.1. The number of anilines is 1. The molecule has 174 valence electrons. The van der Waals surface area contributed by atoms with Gasteiger partial charge in [0.1, 0.15) is 0 Å². The van der Waals surface area contributed by atoms with E-state index in [2.05, 4.69) is 60.2 Å². The first-order valence-corrected chi connectivity index (χ1v) is 12.2. The Balaban J connectivity index is 1.18. The fourth-order valence-corrected chi connectivity index (χ4v) is 6.65. The predicted molar refractivity (Wildman–Crippen MR) is 131 cm³/mol. The lowest BCUT2D eigenvalue weighted by molar-refractivity contribution is -0.117. The summed E-state index contributed by atoms with van der Waals surface area (Å²) in [6.07, 6.45) is 4.34. The Morgan fingerprint density at radius 1 is 1.00 bits per heavy atom. The Morgan fingerprint density at radius 2 is 1.73 bits per heavy atom. The van der Waals surface area contributed by atoms with Crippen molar-refractivity contribution in [2.45, 2.75) is 59.0 Å². The second-order valence-electron chi connectivity index (χ2n) is 11.5. The molecule has 33 heavy (non-hydrogen) atoms. The molecular weight excluding hydrogens is 410 g/mol. The van der Waals surface area contributed by atoms with E-state index in [4.69, 9.17) is 0 Å². The summed E-state index contributed by atoms with van der Waals surface area (Å²) in [6.45, 7) is 9.90. The van der Waals surface area contributed by atoms with E-state index < -0.39 is 0 Å². The molecule has 1 N–H and O–H groups in total. The Bertz CT molecular complexity index is 1060. The molecule has 2 aromatic rings. The van der Waals surface area contributed by atoms with Crippen molar-refractivity contribution in [3.05, 3.63) is 65.2 Å². The van der Waals surface area contributed by atoms with Gasteiger partial charge in [0.05, 0.1) is 6.54 Å². The van der Waals surface area contributed by atoms with E-state index in [1.807, 2.05) is 24.3 Å². The van der Waals surface area contributed by atoms with E-state index in [0.29, 0.717) is 18.2 Å². The summed E-state index contributed by atoms with van der Waals surface area (Å²) in [6, 6.07) is 16.2. The fraction of sp³-hybridized carbons (Fsp3) is 0.500. The van der Waals surface area contributed by atoms with E-state index in [1.54, 1.807) is 0 Å². The van der Waals surface area contributed by atoms with Gasteiger partial charge >= 0.3 is 0 Å². The number of rotatable bonds is 4. The highest BCUT2D eigenvalue weighted by atomic mass is 16.2. The third-order valence-corrected chi connectivity index (χ3v) is 7.67. The minimum absolute atomic E-state index is 0.0167. The number of fused-ring (bicyclic) bond motifs is 3. The zero-order valence-corrected chi connectivity index (χ0v) is 20.1. The Labute approximate surface area is 197 Å². The number of hydrogen-bond acceptors (Lipinski definition) is 3. The van der Waals surface area contributed by atoms with Crippen LogP contribution in [0.25, 0.3) is 0 Å². The molecule has 5 nitrogen and oxygen atoms in total. The lowest BCUT2D eigenvalue weighted by Crippen LogP contribution is -2.37. The van der Waals surface area contributed by atoms with E-state index in [1.165, 1.54) is 17.5 Å². The predicted octanol–water partition coefficient (Wildman–Crippen LogP) is 4.72. The van der Waals surface area contributed by atoms with Crippen LogP contribution in [0.2, 0.25) is 0 Å². The first-order chi connectivity index (χ1) is 15.7. The molecule has 1 saturated carbocycles. The highest BCUT2D eigenvalue weighted by Gasteiger charge is 2.51. The second-order valence-corrected chi connectivity index (χ2v) is 11.5. The Hall–Kier alpha value is -2.66. The number of likely N-dealkylation sites (tertiary alicyclic amines) is 1. The van der Waals surface area contributed by atoms with Crippen LogP contribution in [0.5, 0.6) is 0 Å². The molecule has 2 atom stereocenters. The van der Waals surface area contributed by atoms with E-state index in [0.717, 1.165) is 44.6 Å². The molecule has 0 aromatic heterocycles. The quantitative estimate of drug-likeness (QED) is 0.741. The molecule has 2 heterocycles. The van der Waals surface area contributed by atoms with Crippen molar-refractivity contribution in [3.63, 3.8) is 0 Å². The average Bonchev–Trinajstić information content (AvgIpc) is 3.02. The highest BCUT2D eigenvalue weighted by molar-refractivity contribution is 5.96. The Morgan fingerprint density at radius 3 is 2.48 bits per heavy atom. The van der Waals surface area contributed by atoms with Gasteiger partial charge in [0.2, 0.25) is 5.91 Å². The van der Waals surface area contributed by atoms with Crippen molar-refractivity contribution < 1.29 is 9.59 Å². The number of carbonyl (C=O) groups excluding carboxylic acids is 2. The summed E-state index contributed by atoms with van der Waals surface area (Å²) in [7, 11) is 0. The molecule has 2 amide bonds. The molecule has 5 rings (SSSR count). The number of nitrogens with zero attached hydrogens (tertiary/aromatic N) is 2. The third kappa shape index (κ3) is 4.70. The number of amides is 2. The standard InChI is InChI=1S/C28H35N3O2/c1-27(2)14-24-15-28(3,18-27)19-31(24)26(33)21-8-10-23(11-9-21)29-25(32)17-30-13-12-20-6-4-5-7-22(20)16-30/h4-11,24H,12-19H2,1-3H3,(H,29,32). The normalized spacial score (nSPS) is 26.0. The highest BCUT2D eigenvalue weighted by Crippen LogP contribution is 2.52. The largest absolute Gasteiger partial charge is 0.335 e. The minimum atomic E-state index is -0.0167. The molecular formula is C28H35N3O2. The van der Waals surface area contributed by atoms with Crippen molar-refractivity contribution in [3.8, 4) is 0 Å². The monoisotopic (exact) mass is 445 g/mol. The van der Waals surface area contributed by atoms with Gasteiger partial charge in [0, 0.05) is 36.9 Å². The molecule has 3 aliphatic rings. The zero-order chi connectivity index (χ0) is 23.2. The molecule has 2 fully saturated rings. The lowest BCUT2D eigenvalue weighted by Gasteiger charge is -2.39. The van der Waals surface area contributed by atoms with Crippen LogP contribution in [-0.4, -0.2) is 47.3 Å². The third-order valence-electron chi connectivity index (χ3n) is 7.67. The van der Waals surface area contributed by atoms with Crippen LogP contribution >= 0.6 is 0 Å². The van der Waals surface area contributed by atoms with E-state index >= 15 is 0 Å². The summed E-state index contributed by atoms with van der Waals surface area (Å²) in [5, 5.41) is 3.00. The molecule has 2 bridgehead atoms. The van der Waals surface area contributed by atoms with Crippen LogP contribution in [0.1, 0.15) is 61.5 Å². The lowest BCUT2D eigenvalue weighted by atomic mass is 9.65. The summed E-state index contributed by atoms with van der Waals surface area (Å²) < 4.78 is 0. The number of hydrogen-bond donors (Lipinski definition) is 1. The molecule has 2 aromatic carbocycles. The number of benzene rings is 2. The van der Waals surface area contributed by atoms with Crippen LogP contribution in [0.15, 0.2) is 48.5 Å². The van der Waals surface area contributed by atoms with Crippen molar-refractivity contribution in [2.24, 2.45) is 10.8 Å². The van der Waals surface area contributed by atoms with Gasteiger partial charge in [-0.05, 0) is 71.9 Å². The summed E-state index contributed by atoms with van der Waals surface area (Å²) in [5.41, 5.74) is 4.65. The molecule has 0 spiro atoms. The fourth-order valence-electron chi connectivity index (χ4n) is 6.65. The van der Waals surface area contributed by atoms with Gasteiger partial charge in [-0.25, -0.2) is 0 Å². The van der Waals surface area contributed by atoms with Crippen molar-refractivity contribution in [1.82, 2.24) is 9.80 Å². The Kier molecular flexibility index (Phi) is 5.56. The molecule has 1 aliphatic carbocycles. The first-order valence-electron chi connectivity index (χ1n) is 12.2. The smallest absolute Gasteiger partial charge is 0.254 e. The summed E-state index contributed by atoms with van der Waals surface area (Å²) >= 11 is 0. The molecule has 5 heteroatoms. The van der Waals surface area contributed by atoms with Crippen LogP contribution < -0.4 is 5.32 Å². The number of carbonyl (C=O) groups is 2. The van der Waals surface area contributed by atoms with Crippen LogP contribution in [0.4, 0.5) is 5.69 Å². The molecule has 2 unspecified atom stereocenters. The number of nitrogens with one attached hydrogen (secondary N) is 1. The van der Waals surface area contributed by atoms with Crippen LogP contribution in [0, 0.1) is 10.8 Å². The van der Waals surface area contributed by atoms with Crippen molar-refractivity contribution >= 4 is 17.5 Å². The van der Waals surface area contributed by atoms with Gasteiger partial charge in [-0.1, -0.05) is 45.0 Å². The maximum Gasteiger partial charge on any atom is 0.254 e. The van der Waals surface area contributed by atoms with Crippen molar-refractivity contribution in [2.75, 3.05) is 25.0 Å². The zero-order valence-electron chi connectivity index (χ0n) is 20.1. The SMILES string of the molecule is CC1(C)CC2CC(C)(CN2C(=O)c2ccc(NC(=O)CN3CCc4ccccc4C3)cc2)C1. The van der Waals surface area contributed by atoms with E-state index in [9.17, 15) is 9.59 Å². The maximum atomic E-state index is 13.3. The van der Waals surface area contributed by atoms with Crippen LogP contribution in [-0.2, 0) is 17.8 Å². The summed E-state index contributed by atoms with van der Waals surface area (Å²) in [4.78, 5) is 30.2. The van der Waals surface area contributed by atoms with Crippen LogP contribution in [0.3, 0.4) is 0 Å². The van der Waals surface area contributed by atoms with Gasteiger partial charge in [-0.2, -0.15) is 0 Å². The second kappa shape index (κ2) is 8.28. The molecule has 0 radical (unpaired) electrons. The topological polar surface area (TPSA) is 52.7 Å². The maximum absolute atomic E-state index is 13.3. The van der Waals surface area contributed by atoms with Crippen molar-refractivity contribution in [1.29, 1.82) is 0 Å². The minimum Gasteiger partial charge on any atom is -0.335 e. The van der Waals surface area contributed by atoms with Gasteiger partial charge in [-0.3, -0.25) is 14.5 Å². The van der Waals surface area contributed by atoms with Gasteiger partial charge in [0.25, 0.3) is 5.91 Å².